The lowest BCUT2D eigenvalue weighted by molar-refractivity contribution is -0.117. The Balaban J connectivity index is 2.58. The van der Waals surface area contributed by atoms with Gasteiger partial charge in [0.1, 0.15) is 0 Å². The smallest absolute Gasteiger partial charge is 0.152 e. The minimum absolute atomic E-state index is 0.0173. The second kappa shape index (κ2) is 3.83. The normalized spacial score (nSPS) is 9.55. The van der Waals surface area contributed by atoms with E-state index in [0.717, 1.165) is 5.69 Å². The predicted octanol–water partition coefficient (Wildman–Crippen LogP) is 0.152. The van der Waals surface area contributed by atoms with Crippen molar-refractivity contribution in [1.29, 1.82) is 0 Å². The Hall–Kier alpha value is -1.22. The van der Waals surface area contributed by atoms with E-state index < -0.39 is 0 Å². The Kier molecular flexibility index (Phi) is 2.74. The standard InChI is InChI=1S/C8H10N2O/c9-6-8(11)5-7-3-1-2-4-10-7/h1-4H,5-6,9H2. The summed E-state index contributed by atoms with van der Waals surface area (Å²) in [7, 11) is 0. The molecule has 58 valence electrons. The Morgan fingerprint density at radius 3 is 2.91 bits per heavy atom. The minimum atomic E-state index is 0.0173. The van der Waals surface area contributed by atoms with Crippen molar-refractivity contribution < 1.29 is 4.79 Å². The summed E-state index contributed by atoms with van der Waals surface area (Å²) in [5.41, 5.74) is 5.92. The molecule has 0 spiro atoms. The van der Waals surface area contributed by atoms with Gasteiger partial charge in [-0.15, -0.1) is 0 Å². The molecule has 0 aliphatic carbocycles. The van der Waals surface area contributed by atoms with Crippen molar-refractivity contribution in [2.24, 2.45) is 5.73 Å². The molecule has 0 aliphatic rings. The van der Waals surface area contributed by atoms with E-state index in [1.54, 1.807) is 6.20 Å². The second-order valence-electron chi connectivity index (χ2n) is 2.24. The summed E-state index contributed by atoms with van der Waals surface area (Å²) in [6, 6.07) is 5.48. The predicted molar refractivity (Wildman–Crippen MR) is 42.0 cm³/mol. The lowest BCUT2D eigenvalue weighted by atomic mass is 10.2. The average Bonchev–Trinajstić information content (AvgIpc) is 2.06. The summed E-state index contributed by atoms with van der Waals surface area (Å²) in [5.74, 6) is 0.0173. The zero-order valence-corrected chi connectivity index (χ0v) is 6.16. The molecule has 0 unspecified atom stereocenters. The number of carbonyl (C=O) groups is 1. The molecule has 0 amide bonds. The van der Waals surface area contributed by atoms with Crippen LogP contribution in [0.1, 0.15) is 5.69 Å². The van der Waals surface area contributed by atoms with Gasteiger partial charge in [-0.3, -0.25) is 9.78 Å². The van der Waals surface area contributed by atoms with Gasteiger partial charge in [-0.25, -0.2) is 0 Å². The summed E-state index contributed by atoms with van der Waals surface area (Å²) in [6.07, 6.45) is 2.01. The molecule has 0 aromatic carbocycles. The van der Waals surface area contributed by atoms with Crippen molar-refractivity contribution in [1.82, 2.24) is 4.98 Å². The van der Waals surface area contributed by atoms with Crippen LogP contribution in [0, 0.1) is 0 Å². The summed E-state index contributed by atoms with van der Waals surface area (Å²) in [6.45, 7) is 0.0938. The molecule has 2 N–H and O–H groups in total. The van der Waals surface area contributed by atoms with Crippen molar-refractivity contribution >= 4 is 5.78 Å². The molecule has 0 aliphatic heterocycles. The molecule has 0 bridgehead atoms. The highest BCUT2D eigenvalue weighted by atomic mass is 16.1. The fourth-order valence-electron chi connectivity index (χ4n) is 0.777. The lowest BCUT2D eigenvalue weighted by Crippen LogP contribution is -2.16. The molecule has 11 heavy (non-hydrogen) atoms. The van der Waals surface area contributed by atoms with Gasteiger partial charge in [0, 0.05) is 18.3 Å². The molecule has 1 aromatic rings. The Labute approximate surface area is 65.2 Å². The van der Waals surface area contributed by atoms with E-state index in [0.29, 0.717) is 6.42 Å². The van der Waals surface area contributed by atoms with Crippen LogP contribution in [0.3, 0.4) is 0 Å². The SMILES string of the molecule is NCC(=O)Cc1ccccn1. The first-order valence-corrected chi connectivity index (χ1v) is 3.44. The monoisotopic (exact) mass is 150 g/mol. The molecular formula is C8H10N2O. The van der Waals surface area contributed by atoms with Crippen molar-refractivity contribution in [3.63, 3.8) is 0 Å². The number of aromatic nitrogens is 1. The van der Waals surface area contributed by atoms with E-state index in [4.69, 9.17) is 5.73 Å². The Bertz CT molecular complexity index is 233. The first kappa shape index (κ1) is 7.88. The highest BCUT2D eigenvalue weighted by Gasteiger charge is 1.99. The quantitative estimate of drug-likeness (QED) is 0.667. The number of ketones is 1. The van der Waals surface area contributed by atoms with Crippen LogP contribution < -0.4 is 5.73 Å². The van der Waals surface area contributed by atoms with Gasteiger partial charge in [0.2, 0.25) is 0 Å². The summed E-state index contributed by atoms with van der Waals surface area (Å²) < 4.78 is 0. The maximum absolute atomic E-state index is 10.8. The molecule has 3 heteroatoms. The topological polar surface area (TPSA) is 56.0 Å². The van der Waals surface area contributed by atoms with Gasteiger partial charge >= 0.3 is 0 Å². The molecule has 1 rings (SSSR count). The van der Waals surface area contributed by atoms with Gasteiger partial charge in [0.25, 0.3) is 0 Å². The first-order chi connectivity index (χ1) is 5.33. The molecule has 1 heterocycles. The number of hydrogen-bond donors (Lipinski definition) is 1. The molecule has 3 nitrogen and oxygen atoms in total. The highest BCUT2D eigenvalue weighted by molar-refractivity contribution is 5.82. The van der Waals surface area contributed by atoms with Crippen molar-refractivity contribution in [2.75, 3.05) is 6.54 Å². The van der Waals surface area contributed by atoms with E-state index >= 15 is 0 Å². The van der Waals surface area contributed by atoms with Crippen LogP contribution in [0.15, 0.2) is 24.4 Å². The minimum Gasteiger partial charge on any atom is -0.324 e. The van der Waals surface area contributed by atoms with E-state index in [2.05, 4.69) is 4.98 Å². The van der Waals surface area contributed by atoms with E-state index in [9.17, 15) is 4.79 Å². The number of hydrogen-bond acceptors (Lipinski definition) is 3. The fraction of sp³-hybridized carbons (Fsp3) is 0.250. The van der Waals surface area contributed by atoms with Crippen molar-refractivity contribution in [3.8, 4) is 0 Å². The molecule has 1 aromatic heterocycles. The number of rotatable bonds is 3. The van der Waals surface area contributed by atoms with Gasteiger partial charge in [0.05, 0.1) is 6.54 Å². The molecule has 0 saturated carbocycles. The summed E-state index contributed by atoms with van der Waals surface area (Å²) in [5, 5.41) is 0. The second-order valence-corrected chi connectivity index (χ2v) is 2.24. The maximum atomic E-state index is 10.8. The van der Waals surface area contributed by atoms with E-state index in [-0.39, 0.29) is 12.3 Å². The molecule has 0 saturated heterocycles. The third kappa shape index (κ3) is 2.47. The molecule has 0 atom stereocenters. The number of carbonyl (C=O) groups excluding carboxylic acids is 1. The molecular weight excluding hydrogens is 140 g/mol. The van der Waals surface area contributed by atoms with Gasteiger partial charge in [0.15, 0.2) is 5.78 Å². The van der Waals surface area contributed by atoms with Gasteiger partial charge < -0.3 is 5.73 Å². The van der Waals surface area contributed by atoms with Crippen LogP contribution >= 0.6 is 0 Å². The maximum Gasteiger partial charge on any atom is 0.152 e. The van der Waals surface area contributed by atoms with E-state index in [1.807, 2.05) is 18.2 Å². The van der Waals surface area contributed by atoms with Gasteiger partial charge in [-0.2, -0.15) is 0 Å². The van der Waals surface area contributed by atoms with Crippen LogP contribution in [0.4, 0.5) is 0 Å². The number of nitrogens with zero attached hydrogens (tertiary/aromatic N) is 1. The van der Waals surface area contributed by atoms with Crippen LogP contribution in [-0.2, 0) is 11.2 Å². The van der Waals surface area contributed by atoms with Gasteiger partial charge in [-0.1, -0.05) is 6.07 Å². The third-order valence-electron chi connectivity index (χ3n) is 1.33. The lowest BCUT2D eigenvalue weighted by Gasteiger charge is -1.95. The Morgan fingerprint density at radius 1 is 1.55 bits per heavy atom. The average molecular weight is 150 g/mol. The van der Waals surface area contributed by atoms with Gasteiger partial charge in [-0.05, 0) is 12.1 Å². The Morgan fingerprint density at radius 2 is 2.36 bits per heavy atom. The van der Waals surface area contributed by atoms with Crippen molar-refractivity contribution in [2.45, 2.75) is 6.42 Å². The zero-order valence-electron chi connectivity index (χ0n) is 6.16. The molecule has 0 radical (unpaired) electrons. The van der Waals surface area contributed by atoms with Crippen LogP contribution in [0.5, 0.6) is 0 Å². The van der Waals surface area contributed by atoms with Crippen LogP contribution in [0.25, 0.3) is 0 Å². The highest BCUT2D eigenvalue weighted by Crippen LogP contribution is 1.94. The number of pyridine rings is 1. The van der Waals surface area contributed by atoms with E-state index in [1.165, 1.54) is 0 Å². The summed E-state index contributed by atoms with van der Waals surface area (Å²) in [4.78, 5) is 14.8. The number of nitrogens with two attached hydrogens (primary N) is 1. The van der Waals surface area contributed by atoms with Crippen LogP contribution in [0.2, 0.25) is 0 Å². The fourth-order valence-corrected chi connectivity index (χ4v) is 0.777. The zero-order chi connectivity index (χ0) is 8.10. The number of Topliss-reactive ketones (excluding diaryl/α,β-unsaturated/α-hetero) is 1. The molecule has 0 fully saturated rings. The summed E-state index contributed by atoms with van der Waals surface area (Å²) >= 11 is 0. The largest absolute Gasteiger partial charge is 0.324 e. The van der Waals surface area contributed by atoms with Crippen molar-refractivity contribution in [3.05, 3.63) is 30.1 Å². The third-order valence-corrected chi connectivity index (χ3v) is 1.33. The van der Waals surface area contributed by atoms with Crippen LogP contribution in [-0.4, -0.2) is 17.3 Å². The first-order valence-electron chi connectivity index (χ1n) is 3.44.